The molecular weight excluding hydrogens is 302 g/mol. The lowest BCUT2D eigenvalue weighted by Crippen LogP contribution is -2.25. The van der Waals surface area contributed by atoms with Crippen LogP contribution >= 0.6 is 0 Å². The third kappa shape index (κ3) is 4.47. The molecule has 0 bridgehead atoms. The van der Waals surface area contributed by atoms with Crippen LogP contribution in [-0.2, 0) is 9.59 Å². The number of benzene rings is 1. The van der Waals surface area contributed by atoms with Crippen molar-refractivity contribution in [3.05, 3.63) is 48.3 Å². The molecule has 0 fully saturated rings. The van der Waals surface area contributed by atoms with Gasteiger partial charge in [-0.25, -0.2) is 0 Å². The molecule has 1 heterocycles. The lowest BCUT2D eigenvalue weighted by Gasteiger charge is -2.19. The number of carbonyl (C=O) groups excluding carboxylic acids is 2. The van der Waals surface area contributed by atoms with Gasteiger partial charge in [-0.2, -0.15) is 0 Å². The fourth-order valence-corrected chi connectivity index (χ4v) is 2.59. The van der Waals surface area contributed by atoms with E-state index in [0.717, 1.165) is 29.8 Å². The van der Waals surface area contributed by atoms with Gasteiger partial charge in [0.1, 0.15) is 6.04 Å². The van der Waals surface area contributed by atoms with Gasteiger partial charge < -0.3 is 15.2 Å². The molecule has 2 rings (SSSR count). The Hall–Kier alpha value is -2.56. The van der Waals surface area contributed by atoms with Crippen molar-refractivity contribution in [2.75, 3.05) is 10.6 Å². The van der Waals surface area contributed by atoms with Crippen LogP contribution in [0.2, 0.25) is 0 Å². The SMILES string of the molecule is CCCC(C(=O)Nc1ccc(NC(=O)CC)cc1C)n1cccc1. The van der Waals surface area contributed by atoms with Gasteiger partial charge in [-0.1, -0.05) is 20.3 Å². The van der Waals surface area contributed by atoms with Gasteiger partial charge in [0.05, 0.1) is 0 Å². The highest BCUT2D eigenvalue weighted by Gasteiger charge is 2.19. The van der Waals surface area contributed by atoms with Crippen molar-refractivity contribution in [2.24, 2.45) is 0 Å². The zero-order chi connectivity index (χ0) is 17.5. The van der Waals surface area contributed by atoms with Crippen molar-refractivity contribution in [3.63, 3.8) is 0 Å². The monoisotopic (exact) mass is 327 g/mol. The Morgan fingerprint density at radius 2 is 1.83 bits per heavy atom. The number of nitrogens with zero attached hydrogens (tertiary/aromatic N) is 1. The van der Waals surface area contributed by atoms with Crippen LogP contribution < -0.4 is 10.6 Å². The number of nitrogens with one attached hydrogen (secondary N) is 2. The third-order valence-corrected chi connectivity index (χ3v) is 3.94. The van der Waals surface area contributed by atoms with Crippen LogP contribution in [0.3, 0.4) is 0 Å². The Bertz CT molecular complexity index is 693. The molecule has 0 aliphatic rings. The maximum Gasteiger partial charge on any atom is 0.247 e. The minimum Gasteiger partial charge on any atom is -0.342 e. The molecule has 2 aromatic rings. The molecular formula is C19H25N3O2. The van der Waals surface area contributed by atoms with Gasteiger partial charge in [-0.05, 0) is 49.2 Å². The molecule has 1 aromatic carbocycles. The highest BCUT2D eigenvalue weighted by atomic mass is 16.2. The molecule has 1 atom stereocenters. The Labute approximate surface area is 143 Å². The highest BCUT2D eigenvalue weighted by Crippen LogP contribution is 2.23. The van der Waals surface area contributed by atoms with E-state index in [2.05, 4.69) is 17.6 Å². The van der Waals surface area contributed by atoms with Gasteiger partial charge in [-0.3, -0.25) is 9.59 Å². The number of aryl methyl sites for hydroxylation is 1. The Balaban J connectivity index is 2.11. The van der Waals surface area contributed by atoms with Crippen LogP contribution in [0.4, 0.5) is 11.4 Å². The molecule has 0 saturated carbocycles. The summed E-state index contributed by atoms with van der Waals surface area (Å²) < 4.78 is 1.93. The minimum absolute atomic E-state index is 0.0261. The molecule has 2 amide bonds. The largest absolute Gasteiger partial charge is 0.342 e. The van der Waals surface area contributed by atoms with E-state index < -0.39 is 0 Å². The second-order valence-electron chi connectivity index (χ2n) is 5.86. The number of rotatable bonds is 7. The van der Waals surface area contributed by atoms with Crippen LogP contribution in [0, 0.1) is 6.92 Å². The second-order valence-corrected chi connectivity index (χ2v) is 5.86. The third-order valence-electron chi connectivity index (χ3n) is 3.94. The molecule has 2 N–H and O–H groups in total. The van der Waals surface area contributed by atoms with Crippen LogP contribution in [0.5, 0.6) is 0 Å². The number of carbonyl (C=O) groups is 2. The van der Waals surface area contributed by atoms with E-state index in [-0.39, 0.29) is 17.9 Å². The number of aromatic nitrogens is 1. The lowest BCUT2D eigenvalue weighted by atomic mass is 10.1. The Morgan fingerprint density at radius 3 is 2.42 bits per heavy atom. The van der Waals surface area contributed by atoms with E-state index in [1.165, 1.54) is 0 Å². The molecule has 0 aliphatic heterocycles. The summed E-state index contributed by atoms with van der Waals surface area (Å²) in [6.07, 6.45) is 5.97. The summed E-state index contributed by atoms with van der Waals surface area (Å²) in [5.41, 5.74) is 2.43. The van der Waals surface area contributed by atoms with Crippen LogP contribution in [0.1, 0.15) is 44.7 Å². The van der Waals surface area contributed by atoms with E-state index in [0.29, 0.717) is 6.42 Å². The Morgan fingerprint density at radius 1 is 1.12 bits per heavy atom. The fourth-order valence-electron chi connectivity index (χ4n) is 2.59. The minimum atomic E-state index is -0.219. The molecule has 5 heteroatoms. The van der Waals surface area contributed by atoms with Crippen LogP contribution in [-0.4, -0.2) is 16.4 Å². The summed E-state index contributed by atoms with van der Waals surface area (Å²) in [6.45, 7) is 5.80. The average molecular weight is 327 g/mol. The summed E-state index contributed by atoms with van der Waals surface area (Å²) in [4.78, 5) is 24.1. The van der Waals surface area contributed by atoms with Crippen molar-refractivity contribution in [1.82, 2.24) is 4.57 Å². The maximum atomic E-state index is 12.7. The number of hydrogen-bond donors (Lipinski definition) is 2. The first kappa shape index (κ1) is 17.8. The topological polar surface area (TPSA) is 63.1 Å². The van der Waals surface area contributed by atoms with Crippen molar-refractivity contribution < 1.29 is 9.59 Å². The van der Waals surface area contributed by atoms with Gasteiger partial charge in [0.15, 0.2) is 0 Å². The number of anilines is 2. The summed E-state index contributed by atoms with van der Waals surface area (Å²) in [7, 11) is 0. The molecule has 0 radical (unpaired) electrons. The van der Waals surface area contributed by atoms with Gasteiger partial charge in [-0.15, -0.1) is 0 Å². The number of amides is 2. The first-order valence-electron chi connectivity index (χ1n) is 8.39. The molecule has 0 saturated heterocycles. The molecule has 24 heavy (non-hydrogen) atoms. The maximum absolute atomic E-state index is 12.7. The number of hydrogen-bond acceptors (Lipinski definition) is 2. The standard InChI is InChI=1S/C19H25N3O2/c1-4-8-17(22-11-6-7-12-22)19(24)21-16-10-9-15(13-14(16)3)20-18(23)5-2/h6-7,9-13,17H,4-5,8H2,1-3H3,(H,20,23)(H,21,24). The first-order chi connectivity index (χ1) is 11.5. The fraction of sp³-hybridized carbons (Fsp3) is 0.368. The predicted octanol–water partition coefficient (Wildman–Crippen LogP) is 4.12. The van der Waals surface area contributed by atoms with Crippen molar-refractivity contribution in [1.29, 1.82) is 0 Å². The van der Waals surface area contributed by atoms with Gasteiger partial charge in [0.25, 0.3) is 0 Å². The first-order valence-corrected chi connectivity index (χ1v) is 8.39. The quantitative estimate of drug-likeness (QED) is 0.803. The molecule has 128 valence electrons. The smallest absolute Gasteiger partial charge is 0.247 e. The van der Waals surface area contributed by atoms with Crippen LogP contribution in [0.25, 0.3) is 0 Å². The lowest BCUT2D eigenvalue weighted by molar-refractivity contribution is -0.119. The predicted molar refractivity (Wildman–Crippen MR) is 97.1 cm³/mol. The van der Waals surface area contributed by atoms with Crippen molar-refractivity contribution in [3.8, 4) is 0 Å². The molecule has 0 aliphatic carbocycles. The zero-order valence-corrected chi connectivity index (χ0v) is 14.5. The normalized spacial score (nSPS) is 11.8. The Kier molecular flexibility index (Phi) is 6.18. The van der Waals surface area contributed by atoms with Crippen molar-refractivity contribution in [2.45, 2.75) is 46.1 Å². The summed E-state index contributed by atoms with van der Waals surface area (Å²) in [6, 6.07) is 9.13. The molecule has 1 unspecified atom stereocenters. The average Bonchev–Trinajstić information content (AvgIpc) is 3.09. The van der Waals surface area contributed by atoms with E-state index in [1.54, 1.807) is 6.07 Å². The summed E-state index contributed by atoms with van der Waals surface area (Å²) in [5.74, 6) is -0.0525. The van der Waals surface area contributed by atoms with E-state index in [1.807, 2.05) is 55.1 Å². The van der Waals surface area contributed by atoms with E-state index in [9.17, 15) is 9.59 Å². The van der Waals surface area contributed by atoms with E-state index in [4.69, 9.17) is 0 Å². The van der Waals surface area contributed by atoms with E-state index >= 15 is 0 Å². The van der Waals surface area contributed by atoms with Gasteiger partial charge in [0, 0.05) is 30.2 Å². The van der Waals surface area contributed by atoms with Crippen LogP contribution in [0.15, 0.2) is 42.7 Å². The van der Waals surface area contributed by atoms with Crippen molar-refractivity contribution >= 4 is 23.2 Å². The second kappa shape index (κ2) is 8.34. The summed E-state index contributed by atoms with van der Waals surface area (Å²) in [5, 5.41) is 5.83. The molecule has 5 nitrogen and oxygen atoms in total. The van der Waals surface area contributed by atoms with Gasteiger partial charge in [0.2, 0.25) is 11.8 Å². The van der Waals surface area contributed by atoms with Gasteiger partial charge >= 0.3 is 0 Å². The summed E-state index contributed by atoms with van der Waals surface area (Å²) >= 11 is 0. The molecule has 0 spiro atoms. The zero-order valence-electron chi connectivity index (χ0n) is 14.5. The highest BCUT2D eigenvalue weighted by molar-refractivity contribution is 5.95. The molecule has 1 aromatic heterocycles.